The lowest BCUT2D eigenvalue weighted by Gasteiger charge is -2.34. The summed E-state index contributed by atoms with van der Waals surface area (Å²) in [5, 5.41) is 6.20. The van der Waals surface area contributed by atoms with Gasteiger partial charge in [0.2, 0.25) is 11.8 Å². The van der Waals surface area contributed by atoms with Gasteiger partial charge in [-0.15, -0.1) is 0 Å². The van der Waals surface area contributed by atoms with E-state index in [4.69, 9.17) is 0 Å². The smallest absolute Gasteiger partial charge is 0.224 e. The van der Waals surface area contributed by atoms with E-state index in [1.54, 1.807) is 0 Å². The Balaban J connectivity index is 1.74. The van der Waals surface area contributed by atoms with Crippen LogP contribution in [-0.2, 0) is 16.0 Å². The van der Waals surface area contributed by atoms with Gasteiger partial charge >= 0.3 is 0 Å². The first-order chi connectivity index (χ1) is 11.7. The third-order valence-corrected chi connectivity index (χ3v) is 4.40. The molecule has 0 bridgehead atoms. The summed E-state index contributed by atoms with van der Waals surface area (Å²) in [7, 11) is 0. The molecule has 1 aromatic carbocycles. The molecule has 5 nitrogen and oxygen atoms in total. The second-order valence-electron chi connectivity index (χ2n) is 6.33. The molecule has 0 unspecified atom stereocenters. The molecule has 0 saturated carbocycles. The van der Waals surface area contributed by atoms with Gasteiger partial charge in [0.05, 0.1) is 6.42 Å². The minimum absolute atomic E-state index is 0.0297. The van der Waals surface area contributed by atoms with Gasteiger partial charge in [0.1, 0.15) is 0 Å². The molecule has 2 rings (SSSR count). The van der Waals surface area contributed by atoms with Gasteiger partial charge in [-0.2, -0.15) is 0 Å². The summed E-state index contributed by atoms with van der Waals surface area (Å²) in [6, 6.07) is 10.00. The second kappa shape index (κ2) is 10.1. The number of nitrogens with one attached hydrogen (secondary N) is 2. The van der Waals surface area contributed by atoms with Gasteiger partial charge in [0.15, 0.2) is 0 Å². The summed E-state index contributed by atoms with van der Waals surface area (Å²) >= 11 is 0. The lowest BCUT2D eigenvalue weighted by molar-refractivity contribution is -0.134. The van der Waals surface area contributed by atoms with Gasteiger partial charge in [0.25, 0.3) is 0 Å². The molecule has 1 fully saturated rings. The zero-order valence-corrected chi connectivity index (χ0v) is 14.6. The van der Waals surface area contributed by atoms with Gasteiger partial charge < -0.3 is 15.5 Å². The Hall–Kier alpha value is -1.88. The van der Waals surface area contributed by atoms with Crippen LogP contribution in [0.4, 0.5) is 0 Å². The molecule has 5 heteroatoms. The lowest BCUT2D eigenvalue weighted by Crippen LogP contribution is -2.47. The summed E-state index contributed by atoms with van der Waals surface area (Å²) in [6.07, 6.45) is 3.75. The maximum atomic E-state index is 12.5. The summed E-state index contributed by atoms with van der Waals surface area (Å²) < 4.78 is 0. The van der Waals surface area contributed by atoms with Gasteiger partial charge in [0, 0.05) is 25.6 Å². The highest BCUT2D eigenvalue weighted by atomic mass is 16.2. The molecular formula is C19H29N3O2. The van der Waals surface area contributed by atoms with Crippen LogP contribution in [0.2, 0.25) is 0 Å². The van der Waals surface area contributed by atoms with Crippen LogP contribution in [0.15, 0.2) is 30.3 Å². The van der Waals surface area contributed by atoms with E-state index in [2.05, 4.69) is 17.6 Å². The third kappa shape index (κ3) is 5.96. The van der Waals surface area contributed by atoms with Crippen molar-refractivity contribution < 1.29 is 9.59 Å². The lowest BCUT2D eigenvalue weighted by atomic mass is 10.0. The highest BCUT2D eigenvalue weighted by Gasteiger charge is 2.24. The first-order valence-corrected chi connectivity index (χ1v) is 9.01. The monoisotopic (exact) mass is 331 g/mol. The molecule has 1 saturated heterocycles. The van der Waals surface area contributed by atoms with Crippen LogP contribution in [0.25, 0.3) is 0 Å². The number of rotatable bonds is 8. The quantitative estimate of drug-likeness (QED) is 0.762. The molecule has 1 aromatic rings. The van der Waals surface area contributed by atoms with Crippen LogP contribution >= 0.6 is 0 Å². The summed E-state index contributed by atoms with van der Waals surface area (Å²) in [4.78, 5) is 26.5. The molecule has 0 radical (unpaired) electrons. The van der Waals surface area contributed by atoms with E-state index in [0.29, 0.717) is 25.4 Å². The van der Waals surface area contributed by atoms with Crippen LogP contribution in [0.3, 0.4) is 0 Å². The van der Waals surface area contributed by atoms with E-state index in [9.17, 15) is 9.59 Å². The minimum atomic E-state index is -0.0297. The fourth-order valence-corrected chi connectivity index (χ4v) is 3.17. The molecule has 0 atom stereocenters. The van der Waals surface area contributed by atoms with E-state index in [0.717, 1.165) is 44.5 Å². The number of hydrogen-bond acceptors (Lipinski definition) is 3. The largest absolute Gasteiger partial charge is 0.355 e. The number of benzene rings is 1. The van der Waals surface area contributed by atoms with Crippen molar-refractivity contribution in [3.63, 3.8) is 0 Å². The minimum Gasteiger partial charge on any atom is -0.355 e. The number of carbonyl (C=O) groups excluding carboxylic acids is 2. The zero-order chi connectivity index (χ0) is 17.2. The summed E-state index contributed by atoms with van der Waals surface area (Å²) in [5.41, 5.74) is 0.989. The Morgan fingerprint density at radius 2 is 1.92 bits per heavy atom. The highest BCUT2D eigenvalue weighted by molar-refractivity contribution is 5.80. The van der Waals surface area contributed by atoms with Crippen molar-refractivity contribution in [1.29, 1.82) is 0 Å². The molecule has 0 aliphatic carbocycles. The molecule has 2 N–H and O–H groups in total. The fourth-order valence-electron chi connectivity index (χ4n) is 3.17. The predicted octanol–water partition coefficient (Wildman–Crippen LogP) is 1.73. The van der Waals surface area contributed by atoms with Gasteiger partial charge in [-0.25, -0.2) is 0 Å². The van der Waals surface area contributed by atoms with Crippen LogP contribution in [0.5, 0.6) is 0 Å². The van der Waals surface area contributed by atoms with Crippen molar-refractivity contribution in [2.75, 3.05) is 26.2 Å². The first-order valence-electron chi connectivity index (χ1n) is 9.01. The van der Waals surface area contributed by atoms with E-state index >= 15 is 0 Å². The molecule has 1 aliphatic heterocycles. The standard InChI is InChI=1S/C19H29N3O2/c1-2-14-22(17-8-11-20-12-9-17)19(24)10-13-21-18(23)15-16-6-4-3-5-7-16/h3-7,17,20H,2,8-15H2,1H3,(H,21,23). The maximum absolute atomic E-state index is 12.5. The molecule has 24 heavy (non-hydrogen) atoms. The molecule has 0 aromatic heterocycles. The number of nitrogens with zero attached hydrogens (tertiary/aromatic N) is 1. The Morgan fingerprint density at radius 1 is 1.21 bits per heavy atom. The SMILES string of the molecule is CCCN(C(=O)CCNC(=O)Cc1ccccc1)C1CCNCC1. The average Bonchev–Trinajstić information content (AvgIpc) is 2.61. The van der Waals surface area contributed by atoms with E-state index in [1.165, 1.54) is 0 Å². The molecule has 132 valence electrons. The van der Waals surface area contributed by atoms with Gasteiger partial charge in [-0.1, -0.05) is 37.3 Å². The van der Waals surface area contributed by atoms with Crippen LogP contribution in [-0.4, -0.2) is 48.9 Å². The normalized spacial score (nSPS) is 15.0. The number of amides is 2. The average molecular weight is 331 g/mol. The molecule has 2 amide bonds. The Kier molecular flexibility index (Phi) is 7.75. The van der Waals surface area contributed by atoms with Crippen molar-refractivity contribution >= 4 is 11.8 Å². The Bertz CT molecular complexity index is 513. The van der Waals surface area contributed by atoms with Crippen LogP contribution in [0.1, 0.15) is 38.2 Å². The van der Waals surface area contributed by atoms with E-state index in [-0.39, 0.29) is 11.8 Å². The maximum Gasteiger partial charge on any atom is 0.224 e. The van der Waals surface area contributed by atoms with Crippen LogP contribution < -0.4 is 10.6 Å². The van der Waals surface area contributed by atoms with E-state index in [1.807, 2.05) is 35.2 Å². The van der Waals surface area contributed by atoms with Crippen molar-refractivity contribution in [1.82, 2.24) is 15.5 Å². The van der Waals surface area contributed by atoms with Gasteiger partial charge in [-0.05, 0) is 37.9 Å². The fraction of sp³-hybridized carbons (Fsp3) is 0.579. The number of hydrogen-bond donors (Lipinski definition) is 2. The molecule has 0 spiro atoms. The van der Waals surface area contributed by atoms with E-state index < -0.39 is 0 Å². The number of piperidine rings is 1. The number of carbonyl (C=O) groups is 2. The zero-order valence-electron chi connectivity index (χ0n) is 14.6. The van der Waals surface area contributed by atoms with Crippen molar-refractivity contribution in [3.8, 4) is 0 Å². The molecule has 1 heterocycles. The Labute approximate surface area is 144 Å². The molecular weight excluding hydrogens is 302 g/mol. The van der Waals surface area contributed by atoms with Gasteiger partial charge in [-0.3, -0.25) is 9.59 Å². The summed E-state index contributed by atoms with van der Waals surface area (Å²) in [6.45, 7) is 5.28. The van der Waals surface area contributed by atoms with Crippen molar-refractivity contribution in [2.24, 2.45) is 0 Å². The molecule has 1 aliphatic rings. The van der Waals surface area contributed by atoms with Crippen molar-refractivity contribution in [3.05, 3.63) is 35.9 Å². The highest BCUT2D eigenvalue weighted by Crippen LogP contribution is 2.13. The predicted molar refractivity (Wildman–Crippen MR) is 95.7 cm³/mol. The summed E-state index contributed by atoms with van der Waals surface area (Å²) in [5.74, 6) is 0.127. The third-order valence-electron chi connectivity index (χ3n) is 4.40. The topological polar surface area (TPSA) is 61.4 Å². The van der Waals surface area contributed by atoms with Crippen molar-refractivity contribution in [2.45, 2.75) is 45.1 Å². The first kappa shape index (κ1) is 18.5. The van der Waals surface area contributed by atoms with Crippen LogP contribution in [0, 0.1) is 0 Å². The Morgan fingerprint density at radius 3 is 2.58 bits per heavy atom. The second-order valence-corrected chi connectivity index (χ2v) is 6.33.